The standard InChI is InChI=1S/C7H11O3/c1-7(10-9)5-3-2-4-6(7)8/h2-5H2,1H3. The molecule has 1 fully saturated rings. The van der Waals surface area contributed by atoms with Crippen LogP contribution in [0.5, 0.6) is 0 Å². The SMILES string of the molecule is CC1(O[O])CCCCC1=O. The van der Waals surface area contributed by atoms with Crippen LogP contribution in [-0.4, -0.2) is 11.4 Å². The van der Waals surface area contributed by atoms with Gasteiger partial charge in [-0.2, -0.15) is 4.89 Å². The van der Waals surface area contributed by atoms with Crippen LogP contribution in [0.15, 0.2) is 0 Å². The highest BCUT2D eigenvalue weighted by Crippen LogP contribution is 2.27. The predicted octanol–water partition coefficient (Wildman–Crippen LogP) is 1.25. The minimum Gasteiger partial charge on any atom is -0.296 e. The van der Waals surface area contributed by atoms with Crippen molar-refractivity contribution in [1.29, 1.82) is 0 Å². The molecule has 1 saturated carbocycles. The first-order chi connectivity index (χ1) is 4.69. The van der Waals surface area contributed by atoms with E-state index in [1.807, 2.05) is 0 Å². The molecule has 3 heteroatoms. The molecule has 1 atom stereocenters. The van der Waals surface area contributed by atoms with Gasteiger partial charge in [-0.25, -0.2) is 0 Å². The molecule has 0 aromatic carbocycles. The third-order valence-corrected chi connectivity index (χ3v) is 2.08. The van der Waals surface area contributed by atoms with Crippen molar-refractivity contribution in [2.45, 2.75) is 38.2 Å². The maximum absolute atomic E-state index is 11.0. The van der Waals surface area contributed by atoms with Gasteiger partial charge < -0.3 is 0 Å². The first-order valence-corrected chi connectivity index (χ1v) is 3.53. The van der Waals surface area contributed by atoms with E-state index in [2.05, 4.69) is 4.89 Å². The first kappa shape index (κ1) is 7.69. The van der Waals surface area contributed by atoms with Crippen molar-refractivity contribution in [3.63, 3.8) is 0 Å². The van der Waals surface area contributed by atoms with Crippen LogP contribution in [0, 0.1) is 0 Å². The van der Waals surface area contributed by atoms with Crippen LogP contribution in [0.25, 0.3) is 0 Å². The quantitative estimate of drug-likeness (QED) is 0.409. The molecule has 57 valence electrons. The molecule has 0 amide bonds. The Hall–Kier alpha value is -0.410. The molecule has 0 N–H and O–H groups in total. The van der Waals surface area contributed by atoms with Gasteiger partial charge in [-0.05, 0) is 31.4 Å². The minimum absolute atomic E-state index is 0.0475. The Morgan fingerprint density at radius 3 is 2.60 bits per heavy atom. The Morgan fingerprint density at radius 2 is 2.20 bits per heavy atom. The smallest absolute Gasteiger partial charge is 0.167 e. The zero-order valence-electron chi connectivity index (χ0n) is 6.05. The van der Waals surface area contributed by atoms with Crippen molar-refractivity contribution in [2.24, 2.45) is 0 Å². The highest BCUT2D eigenvalue weighted by Gasteiger charge is 2.37. The van der Waals surface area contributed by atoms with Gasteiger partial charge in [-0.3, -0.25) is 4.79 Å². The molecule has 1 aliphatic carbocycles. The van der Waals surface area contributed by atoms with E-state index in [0.29, 0.717) is 12.8 Å². The molecular formula is C7H11O3. The molecule has 0 spiro atoms. The molecule has 10 heavy (non-hydrogen) atoms. The van der Waals surface area contributed by atoms with Crippen LogP contribution < -0.4 is 0 Å². The van der Waals surface area contributed by atoms with Crippen LogP contribution in [-0.2, 0) is 14.9 Å². The molecule has 0 heterocycles. The lowest BCUT2D eigenvalue weighted by Crippen LogP contribution is -2.39. The lowest BCUT2D eigenvalue weighted by atomic mass is 9.85. The second-order valence-electron chi connectivity index (χ2n) is 2.94. The van der Waals surface area contributed by atoms with E-state index in [9.17, 15) is 10.1 Å². The summed E-state index contributed by atoms with van der Waals surface area (Å²) < 4.78 is 0. The number of rotatable bonds is 1. The summed E-state index contributed by atoms with van der Waals surface area (Å²) in [6.45, 7) is 1.57. The number of carbonyl (C=O) groups excluding carboxylic acids is 1. The Morgan fingerprint density at radius 1 is 1.50 bits per heavy atom. The lowest BCUT2D eigenvalue weighted by molar-refractivity contribution is -0.360. The first-order valence-electron chi connectivity index (χ1n) is 3.53. The van der Waals surface area contributed by atoms with Gasteiger partial charge in [0.1, 0.15) is 0 Å². The molecule has 1 aliphatic rings. The minimum atomic E-state index is -1.02. The normalized spacial score (nSPS) is 34.4. The Labute approximate surface area is 59.9 Å². The van der Waals surface area contributed by atoms with E-state index in [1.54, 1.807) is 6.92 Å². The summed E-state index contributed by atoms with van der Waals surface area (Å²) in [5.74, 6) is -0.0475. The lowest BCUT2D eigenvalue weighted by Gasteiger charge is -2.26. The third-order valence-electron chi connectivity index (χ3n) is 2.08. The summed E-state index contributed by atoms with van der Waals surface area (Å²) in [6, 6.07) is 0. The molecule has 0 saturated heterocycles. The van der Waals surface area contributed by atoms with Gasteiger partial charge in [0.25, 0.3) is 0 Å². The van der Waals surface area contributed by atoms with Crippen molar-refractivity contribution < 1.29 is 14.9 Å². The van der Waals surface area contributed by atoms with Gasteiger partial charge in [0.05, 0.1) is 0 Å². The van der Waals surface area contributed by atoms with Crippen LogP contribution >= 0.6 is 0 Å². The monoisotopic (exact) mass is 143 g/mol. The van der Waals surface area contributed by atoms with E-state index in [1.165, 1.54) is 0 Å². The summed E-state index contributed by atoms with van der Waals surface area (Å²) >= 11 is 0. The molecule has 0 aromatic heterocycles. The summed E-state index contributed by atoms with van der Waals surface area (Å²) in [4.78, 5) is 14.9. The maximum atomic E-state index is 11.0. The van der Waals surface area contributed by atoms with E-state index in [0.717, 1.165) is 12.8 Å². The van der Waals surface area contributed by atoms with Gasteiger partial charge in [-0.15, -0.1) is 0 Å². The molecule has 1 rings (SSSR count). The summed E-state index contributed by atoms with van der Waals surface area (Å²) in [5.41, 5.74) is -1.02. The molecule has 3 nitrogen and oxygen atoms in total. The number of hydrogen-bond acceptors (Lipinski definition) is 2. The Kier molecular flexibility index (Phi) is 2.06. The number of ketones is 1. The molecule has 1 radical (unpaired) electrons. The number of Topliss-reactive ketones (excluding diaryl/α,β-unsaturated/α-hetero) is 1. The van der Waals surface area contributed by atoms with Gasteiger partial charge in [-0.1, -0.05) is 0 Å². The fourth-order valence-corrected chi connectivity index (χ4v) is 1.24. The number of carbonyl (C=O) groups is 1. The van der Waals surface area contributed by atoms with E-state index >= 15 is 0 Å². The highest BCUT2D eigenvalue weighted by molar-refractivity contribution is 5.87. The second-order valence-corrected chi connectivity index (χ2v) is 2.94. The average Bonchev–Trinajstić information content (AvgIpc) is 1.96. The van der Waals surface area contributed by atoms with Gasteiger partial charge in [0, 0.05) is 6.42 Å². The maximum Gasteiger partial charge on any atom is 0.167 e. The largest absolute Gasteiger partial charge is 0.296 e. The van der Waals surface area contributed by atoms with E-state index < -0.39 is 5.60 Å². The van der Waals surface area contributed by atoms with Gasteiger partial charge >= 0.3 is 0 Å². The molecule has 1 unspecified atom stereocenters. The fourth-order valence-electron chi connectivity index (χ4n) is 1.24. The zero-order chi connectivity index (χ0) is 7.61. The third kappa shape index (κ3) is 1.20. The average molecular weight is 143 g/mol. The highest BCUT2D eigenvalue weighted by atomic mass is 17.1. The van der Waals surface area contributed by atoms with Crippen LogP contribution in [0.2, 0.25) is 0 Å². The topological polar surface area (TPSA) is 46.2 Å². The molecule has 0 aliphatic heterocycles. The van der Waals surface area contributed by atoms with Gasteiger partial charge in [0.15, 0.2) is 11.4 Å². The fraction of sp³-hybridized carbons (Fsp3) is 0.857. The summed E-state index contributed by atoms with van der Waals surface area (Å²) in [7, 11) is 0. The van der Waals surface area contributed by atoms with Crippen LogP contribution in [0.3, 0.4) is 0 Å². The van der Waals surface area contributed by atoms with E-state index in [4.69, 9.17) is 0 Å². The summed E-state index contributed by atoms with van der Waals surface area (Å²) in [5, 5.41) is 10.1. The number of hydrogen-bond donors (Lipinski definition) is 0. The van der Waals surface area contributed by atoms with Crippen molar-refractivity contribution in [3.05, 3.63) is 0 Å². The van der Waals surface area contributed by atoms with Gasteiger partial charge in [0.2, 0.25) is 0 Å². The molecular weight excluding hydrogens is 132 g/mol. The predicted molar refractivity (Wildman–Crippen MR) is 33.7 cm³/mol. The van der Waals surface area contributed by atoms with Crippen molar-refractivity contribution in [1.82, 2.24) is 0 Å². The van der Waals surface area contributed by atoms with Crippen molar-refractivity contribution in [3.8, 4) is 0 Å². The second kappa shape index (κ2) is 2.68. The zero-order valence-corrected chi connectivity index (χ0v) is 6.05. The Bertz CT molecular complexity index is 144. The van der Waals surface area contributed by atoms with Crippen molar-refractivity contribution >= 4 is 5.78 Å². The molecule has 0 aromatic rings. The summed E-state index contributed by atoms with van der Waals surface area (Å²) in [6.07, 6.45) is 2.90. The van der Waals surface area contributed by atoms with Crippen molar-refractivity contribution in [2.75, 3.05) is 0 Å². The van der Waals surface area contributed by atoms with Crippen LogP contribution in [0.1, 0.15) is 32.6 Å². The Balaban J connectivity index is 2.63. The molecule has 0 bridgehead atoms. The van der Waals surface area contributed by atoms with Crippen LogP contribution in [0.4, 0.5) is 0 Å². The van der Waals surface area contributed by atoms with E-state index in [-0.39, 0.29) is 5.78 Å².